The third-order valence-corrected chi connectivity index (χ3v) is 5.80. The Labute approximate surface area is 199 Å². The van der Waals surface area contributed by atoms with Crippen LogP contribution in [0.25, 0.3) is 0 Å². The molecule has 1 rings (SSSR count). The van der Waals surface area contributed by atoms with Gasteiger partial charge in [-0.2, -0.15) is 0 Å². The van der Waals surface area contributed by atoms with Gasteiger partial charge in [0.25, 0.3) is 0 Å². The zero-order valence-electron chi connectivity index (χ0n) is 23.4. The molecule has 0 aliphatic carbocycles. The second-order valence-corrected chi connectivity index (χ2v) is 14.0. The van der Waals surface area contributed by atoms with E-state index in [0.29, 0.717) is 12.8 Å². The predicted octanol–water partition coefficient (Wildman–Crippen LogP) is 9.14. The molecule has 0 spiro atoms. The van der Waals surface area contributed by atoms with Gasteiger partial charge in [0.15, 0.2) is 0 Å². The van der Waals surface area contributed by atoms with Crippen LogP contribution in [0.2, 0.25) is 0 Å². The maximum atomic E-state index is 13.0. The summed E-state index contributed by atoms with van der Waals surface area (Å²) in [6.07, 6.45) is 6.64. The Hall–Kier alpha value is -1.63. The van der Waals surface area contributed by atoms with Crippen molar-refractivity contribution in [1.29, 1.82) is 0 Å². The van der Waals surface area contributed by atoms with Crippen molar-refractivity contribution in [2.24, 2.45) is 10.8 Å². The highest BCUT2D eigenvalue weighted by Gasteiger charge is 2.22. The van der Waals surface area contributed by atoms with Crippen LogP contribution in [-0.2, 0) is 22.0 Å². The fourth-order valence-corrected chi connectivity index (χ4v) is 3.58. The molecule has 0 aliphatic heterocycles. The minimum Gasteiger partial charge on any atom is -0.299 e. The molecule has 0 saturated carbocycles. The topological polar surface area (TPSA) is 17.1 Å². The van der Waals surface area contributed by atoms with Crippen LogP contribution in [0.15, 0.2) is 41.5 Å². The van der Waals surface area contributed by atoms with Crippen molar-refractivity contribution >= 4 is 5.78 Å². The van der Waals surface area contributed by atoms with E-state index in [1.807, 2.05) is 0 Å². The molecular formula is C31H50O. The SMILES string of the molecule is C/C(=C\C(=C/CC(C)(C)C)C(C)(C)C)CC(=O)Cc1cc(C(C)(C)C)cc(C(C)(C)C)c1. The van der Waals surface area contributed by atoms with Crippen LogP contribution < -0.4 is 0 Å². The van der Waals surface area contributed by atoms with Crippen LogP contribution in [0.1, 0.15) is 120 Å². The lowest BCUT2D eigenvalue weighted by Crippen LogP contribution is -2.17. The molecule has 1 aromatic rings. The molecule has 0 heterocycles. The zero-order valence-corrected chi connectivity index (χ0v) is 23.4. The molecule has 0 saturated heterocycles. The van der Waals surface area contributed by atoms with Gasteiger partial charge in [-0.05, 0) is 57.3 Å². The quantitative estimate of drug-likeness (QED) is 0.405. The summed E-state index contributed by atoms with van der Waals surface area (Å²) in [7, 11) is 0. The summed E-state index contributed by atoms with van der Waals surface area (Å²) in [5.74, 6) is 0.286. The first kappa shape index (κ1) is 28.4. The fraction of sp³-hybridized carbons (Fsp3) is 0.645. The third-order valence-electron chi connectivity index (χ3n) is 5.80. The van der Waals surface area contributed by atoms with E-state index in [2.05, 4.69) is 120 Å². The lowest BCUT2D eigenvalue weighted by Gasteiger charge is -2.26. The standard InChI is InChI=1S/C31H50O/c1-22(16-24(29(5,6)7)14-15-28(2,3)4)17-27(32)20-23-18-25(30(8,9)10)21-26(19-23)31(11,12)13/h14,16,18-19,21H,15,17,20H2,1-13H3/b22-16+,24-14+. The molecule has 0 atom stereocenters. The number of hydrogen-bond donors (Lipinski definition) is 0. The number of rotatable bonds is 6. The van der Waals surface area contributed by atoms with E-state index in [1.165, 1.54) is 16.7 Å². The van der Waals surface area contributed by atoms with Crippen molar-refractivity contribution in [3.63, 3.8) is 0 Å². The van der Waals surface area contributed by atoms with Gasteiger partial charge < -0.3 is 0 Å². The largest absolute Gasteiger partial charge is 0.299 e. The summed E-state index contributed by atoms with van der Waals surface area (Å²) in [6, 6.07) is 6.78. The summed E-state index contributed by atoms with van der Waals surface area (Å²) in [4.78, 5) is 13.0. The minimum atomic E-state index is 0.0638. The van der Waals surface area contributed by atoms with Gasteiger partial charge in [0.1, 0.15) is 5.78 Å². The van der Waals surface area contributed by atoms with Gasteiger partial charge in [-0.15, -0.1) is 0 Å². The van der Waals surface area contributed by atoms with Gasteiger partial charge in [-0.25, -0.2) is 0 Å². The number of benzene rings is 1. The van der Waals surface area contributed by atoms with Crippen LogP contribution in [0.5, 0.6) is 0 Å². The Bertz CT molecular complexity index is 817. The molecule has 32 heavy (non-hydrogen) atoms. The van der Waals surface area contributed by atoms with E-state index in [4.69, 9.17) is 0 Å². The highest BCUT2D eigenvalue weighted by molar-refractivity contribution is 5.83. The Morgan fingerprint density at radius 2 is 1.25 bits per heavy atom. The number of Topliss-reactive ketones (excluding diaryl/α,β-unsaturated/α-hetero) is 1. The highest BCUT2D eigenvalue weighted by Crippen LogP contribution is 2.32. The molecular weight excluding hydrogens is 388 g/mol. The molecule has 0 unspecified atom stereocenters. The molecule has 1 nitrogen and oxygen atoms in total. The van der Waals surface area contributed by atoms with Crippen molar-refractivity contribution in [1.82, 2.24) is 0 Å². The van der Waals surface area contributed by atoms with E-state index >= 15 is 0 Å². The van der Waals surface area contributed by atoms with E-state index in [9.17, 15) is 4.79 Å². The molecule has 0 radical (unpaired) electrons. The summed E-state index contributed by atoms with van der Waals surface area (Å²) >= 11 is 0. The first-order chi connectivity index (χ1) is 14.2. The second-order valence-electron chi connectivity index (χ2n) is 14.0. The molecule has 1 heteroatoms. The molecule has 0 bridgehead atoms. The number of hydrogen-bond acceptors (Lipinski definition) is 1. The number of carbonyl (C=O) groups is 1. The van der Waals surface area contributed by atoms with Gasteiger partial charge >= 0.3 is 0 Å². The maximum absolute atomic E-state index is 13.0. The van der Waals surface area contributed by atoms with Gasteiger partial charge in [0.05, 0.1) is 0 Å². The average molecular weight is 439 g/mol. The molecule has 0 aromatic heterocycles. The molecule has 0 N–H and O–H groups in total. The van der Waals surface area contributed by atoms with Crippen LogP contribution in [0.4, 0.5) is 0 Å². The Kier molecular flexibility index (Phi) is 8.97. The molecule has 0 fully saturated rings. The first-order valence-electron chi connectivity index (χ1n) is 12.2. The minimum absolute atomic E-state index is 0.0638. The number of allylic oxidation sites excluding steroid dienone is 4. The van der Waals surface area contributed by atoms with Gasteiger partial charge in [0.2, 0.25) is 0 Å². The Morgan fingerprint density at radius 1 is 0.781 bits per heavy atom. The Balaban J connectivity index is 3.13. The lowest BCUT2D eigenvalue weighted by atomic mass is 9.79. The summed E-state index contributed by atoms with van der Waals surface area (Å²) < 4.78 is 0. The van der Waals surface area contributed by atoms with Crippen LogP contribution in [0.3, 0.4) is 0 Å². The van der Waals surface area contributed by atoms with E-state index < -0.39 is 0 Å². The van der Waals surface area contributed by atoms with Crippen molar-refractivity contribution < 1.29 is 4.79 Å². The molecule has 0 amide bonds. The molecule has 1 aromatic carbocycles. The number of ketones is 1. The van der Waals surface area contributed by atoms with Crippen molar-refractivity contribution in [3.8, 4) is 0 Å². The maximum Gasteiger partial charge on any atom is 0.141 e. The predicted molar refractivity (Wildman–Crippen MR) is 143 cm³/mol. The highest BCUT2D eigenvalue weighted by atomic mass is 16.1. The summed E-state index contributed by atoms with van der Waals surface area (Å²) in [6.45, 7) is 29.1. The van der Waals surface area contributed by atoms with Crippen LogP contribution in [-0.4, -0.2) is 5.78 Å². The van der Waals surface area contributed by atoms with E-state index in [-0.39, 0.29) is 27.4 Å². The first-order valence-corrected chi connectivity index (χ1v) is 12.2. The molecule has 0 aliphatic rings. The smallest absolute Gasteiger partial charge is 0.141 e. The molecule has 180 valence electrons. The van der Waals surface area contributed by atoms with Crippen LogP contribution >= 0.6 is 0 Å². The summed E-state index contributed by atoms with van der Waals surface area (Å²) in [5, 5.41) is 0. The summed E-state index contributed by atoms with van der Waals surface area (Å²) in [5.41, 5.74) is 6.67. The van der Waals surface area contributed by atoms with Crippen molar-refractivity contribution in [2.45, 2.75) is 120 Å². The second kappa shape index (κ2) is 10.1. The van der Waals surface area contributed by atoms with E-state index in [0.717, 1.165) is 17.6 Å². The average Bonchev–Trinajstić information content (AvgIpc) is 2.54. The van der Waals surface area contributed by atoms with Crippen molar-refractivity contribution in [2.75, 3.05) is 0 Å². The van der Waals surface area contributed by atoms with Gasteiger partial charge in [-0.1, -0.05) is 119 Å². The lowest BCUT2D eigenvalue weighted by molar-refractivity contribution is -0.117. The number of carbonyl (C=O) groups excluding carboxylic acids is 1. The zero-order chi connectivity index (χ0) is 25.1. The Morgan fingerprint density at radius 3 is 1.62 bits per heavy atom. The van der Waals surface area contributed by atoms with Gasteiger partial charge in [-0.3, -0.25) is 4.79 Å². The third kappa shape index (κ3) is 9.88. The van der Waals surface area contributed by atoms with E-state index in [1.54, 1.807) is 0 Å². The fourth-order valence-electron chi connectivity index (χ4n) is 3.58. The monoisotopic (exact) mass is 438 g/mol. The normalized spacial score (nSPS) is 14.7. The van der Waals surface area contributed by atoms with Crippen LogP contribution in [0, 0.1) is 10.8 Å². The van der Waals surface area contributed by atoms with Crippen molar-refractivity contribution in [3.05, 3.63) is 58.2 Å². The van der Waals surface area contributed by atoms with Gasteiger partial charge in [0, 0.05) is 12.8 Å².